The van der Waals surface area contributed by atoms with E-state index in [9.17, 15) is 9.59 Å². The average molecular weight is 247 g/mol. The summed E-state index contributed by atoms with van der Waals surface area (Å²) >= 11 is 0. The van der Waals surface area contributed by atoms with Crippen molar-refractivity contribution in [3.05, 3.63) is 35.4 Å². The Balaban J connectivity index is 2.17. The van der Waals surface area contributed by atoms with E-state index in [0.29, 0.717) is 30.3 Å². The van der Waals surface area contributed by atoms with Gasteiger partial charge in [-0.2, -0.15) is 0 Å². The highest BCUT2D eigenvalue weighted by Gasteiger charge is 2.21. The van der Waals surface area contributed by atoms with Crippen molar-refractivity contribution in [2.45, 2.75) is 13.0 Å². The fourth-order valence-corrected chi connectivity index (χ4v) is 2.10. The van der Waals surface area contributed by atoms with Gasteiger partial charge in [0.25, 0.3) is 5.91 Å². The van der Waals surface area contributed by atoms with Crippen LogP contribution in [-0.2, 0) is 0 Å². The second-order valence-electron chi connectivity index (χ2n) is 4.55. The molecule has 0 unspecified atom stereocenters. The number of hydrogen-bond donors (Lipinski definition) is 2. The molecule has 0 aliphatic carbocycles. The first-order chi connectivity index (χ1) is 8.58. The van der Waals surface area contributed by atoms with Crippen LogP contribution in [0.4, 0.5) is 0 Å². The minimum atomic E-state index is -0.515. The van der Waals surface area contributed by atoms with Crippen molar-refractivity contribution in [1.82, 2.24) is 10.2 Å². The minimum Gasteiger partial charge on any atom is -0.366 e. The lowest BCUT2D eigenvalue weighted by molar-refractivity contribution is 0.0709. The molecule has 5 nitrogen and oxygen atoms in total. The quantitative estimate of drug-likeness (QED) is 0.785. The molecule has 0 aromatic heterocycles. The SMILES string of the molecule is C[C@H]1CN(C(=O)c2cccc(C(N)=O)c2)CCN1. The molecule has 2 amide bonds. The third-order valence-electron chi connectivity index (χ3n) is 3.05. The highest BCUT2D eigenvalue weighted by Crippen LogP contribution is 2.10. The predicted octanol–water partition coefficient (Wildman–Crippen LogP) is 0.219. The van der Waals surface area contributed by atoms with Gasteiger partial charge in [0.05, 0.1) is 0 Å². The van der Waals surface area contributed by atoms with Gasteiger partial charge in [0.2, 0.25) is 5.91 Å². The third kappa shape index (κ3) is 2.68. The van der Waals surface area contributed by atoms with E-state index in [2.05, 4.69) is 5.32 Å². The van der Waals surface area contributed by atoms with Crippen LogP contribution in [0.2, 0.25) is 0 Å². The van der Waals surface area contributed by atoms with Gasteiger partial charge >= 0.3 is 0 Å². The second kappa shape index (κ2) is 5.18. The summed E-state index contributed by atoms with van der Waals surface area (Å²) < 4.78 is 0. The summed E-state index contributed by atoms with van der Waals surface area (Å²) in [6.07, 6.45) is 0. The largest absolute Gasteiger partial charge is 0.366 e. The van der Waals surface area contributed by atoms with Gasteiger partial charge in [-0.25, -0.2) is 0 Å². The summed E-state index contributed by atoms with van der Waals surface area (Å²) in [5, 5.41) is 3.28. The number of amides is 2. The maximum absolute atomic E-state index is 12.3. The number of rotatable bonds is 2. The van der Waals surface area contributed by atoms with Crippen molar-refractivity contribution < 1.29 is 9.59 Å². The van der Waals surface area contributed by atoms with Gasteiger partial charge in [0.1, 0.15) is 0 Å². The molecule has 96 valence electrons. The van der Waals surface area contributed by atoms with E-state index in [4.69, 9.17) is 5.73 Å². The van der Waals surface area contributed by atoms with E-state index in [-0.39, 0.29) is 5.91 Å². The number of benzene rings is 1. The van der Waals surface area contributed by atoms with Gasteiger partial charge in [0, 0.05) is 36.8 Å². The molecule has 1 aliphatic rings. The molecule has 1 aromatic rings. The molecule has 0 radical (unpaired) electrons. The van der Waals surface area contributed by atoms with Crippen molar-refractivity contribution >= 4 is 11.8 Å². The maximum atomic E-state index is 12.3. The van der Waals surface area contributed by atoms with Crippen LogP contribution < -0.4 is 11.1 Å². The van der Waals surface area contributed by atoms with Gasteiger partial charge < -0.3 is 16.0 Å². The molecule has 1 aromatic carbocycles. The minimum absolute atomic E-state index is 0.0496. The van der Waals surface area contributed by atoms with Gasteiger partial charge in [-0.05, 0) is 25.1 Å². The lowest BCUT2D eigenvalue weighted by Gasteiger charge is -2.32. The molecule has 1 fully saturated rings. The summed E-state index contributed by atoms with van der Waals surface area (Å²) in [4.78, 5) is 25.2. The first kappa shape index (κ1) is 12.6. The molecule has 0 saturated carbocycles. The summed E-state index contributed by atoms with van der Waals surface area (Å²) in [7, 11) is 0. The Bertz CT molecular complexity index is 473. The maximum Gasteiger partial charge on any atom is 0.253 e. The molecule has 5 heteroatoms. The van der Waals surface area contributed by atoms with Crippen molar-refractivity contribution in [3.8, 4) is 0 Å². The lowest BCUT2D eigenvalue weighted by Crippen LogP contribution is -2.51. The van der Waals surface area contributed by atoms with Crippen molar-refractivity contribution in [2.24, 2.45) is 5.73 Å². The normalized spacial score (nSPS) is 19.6. The number of hydrogen-bond acceptors (Lipinski definition) is 3. The Hall–Kier alpha value is -1.88. The molecule has 1 saturated heterocycles. The van der Waals surface area contributed by atoms with Crippen LogP contribution in [0.1, 0.15) is 27.6 Å². The summed E-state index contributed by atoms with van der Waals surface area (Å²) in [6.45, 7) is 4.20. The first-order valence-corrected chi connectivity index (χ1v) is 6.00. The van der Waals surface area contributed by atoms with Crippen LogP contribution in [0, 0.1) is 0 Å². The number of nitrogens with zero attached hydrogens (tertiary/aromatic N) is 1. The summed E-state index contributed by atoms with van der Waals surface area (Å²) in [5.41, 5.74) is 6.09. The van der Waals surface area contributed by atoms with E-state index in [1.165, 1.54) is 0 Å². The Morgan fingerprint density at radius 3 is 2.78 bits per heavy atom. The number of nitrogens with two attached hydrogens (primary N) is 1. The second-order valence-corrected chi connectivity index (χ2v) is 4.55. The van der Waals surface area contributed by atoms with E-state index in [1.807, 2.05) is 6.92 Å². The fraction of sp³-hybridized carbons (Fsp3) is 0.385. The van der Waals surface area contributed by atoms with Crippen molar-refractivity contribution in [1.29, 1.82) is 0 Å². The Kier molecular flexibility index (Phi) is 3.62. The van der Waals surface area contributed by atoms with Crippen molar-refractivity contribution in [3.63, 3.8) is 0 Å². The van der Waals surface area contributed by atoms with Crippen molar-refractivity contribution in [2.75, 3.05) is 19.6 Å². The molecular formula is C13H17N3O2. The average Bonchev–Trinajstić information content (AvgIpc) is 2.38. The Morgan fingerprint density at radius 1 is 1.39 bits per heavy atom. The number of piperazine rings is 1. The summed E-state index contributed by atoms with van der Waals surface area (Å²) in [5.74, 6) is -0.565. The lowest BCUT2D eigenvalue weighted by atomic mass is 10.1. The molecule has 1 aliphatic heterocycles. The fourth-order valence-electron chi connectivity index (χ4n) is 2.10. The molecule has 1 heterocycles. The molecular weight excluding hydrogens is 230 g/mol. The Labute approximate surface area is 106 Å². The van der Waals surface area contributed by atoms with Crippen LogP contribution >= 0.6 is 0 Å². The Morgan fingerprint density at radius 2 is 2.11 bits per heavy atom. The zero-order valence-electron chi connectivity index (χ0n) is 10.3. The van der Waals surface area contributed by atoms with Gasteiger partial charge in [-0.15, -0.1) is 0 Å². The monoisotopic (exact) mass is 247 g/mol. The standard InChI is InChI=1S/C13H17N3O2/c1-9-8-16(6-5-15-9)13(18)11-4-2-3-10(7-11)12(14)17/h2-4,7,9,15H,5-6,8H2,1H3,(H2,14,17)/t9-/m0/s1. The molecule has 1 atom stereocenters. The van der Waals surface area contributed by atoms with Gasteiger partial charge in [0.15, 0.2) is 0 Å². The summed E-state index contributed by atoms with van der Waals surface area (Å²) in [6, 6.07) is 6.85. The van der Waals surface area contributed by atoms with Crippen LogP contribution in [0.3, 0.4) is 0 Å². The van der Waals surface area contributed by atoms with Crippen LogP contribution in [0.15, 0.2) is 24.3 Å². The third-order valence-corrected chi connectivity index (χ3v) is 3.05. The number of primary amides is 1. The molecule has 2 rings (SSSR count). The van der Waals surface area contributed by atoms with E-state index < -0.39 is 5.91 Å². The highest BCUT2D eigenvalue weighted by molar-refractivity contribution is 5.99. The smallest absolute Gasteiger partial charge is 0.253 e. The van der Waals surface area contributed by atoms with E-state index >= 15 is 0 Å². The van der Waals surface area contributed by atoms with Gasteiger partial charge in [-0.1, -0.05) is 6.07 Å². The molecule has 18 heavy (non-hydrogen) atoms. The predicted molar refractivity (Wildman–Crippen MR) is 68.3 cm³/mol. The topological polar surface area (TPSA) is 75.4 Å². The molecule has 0 bridgehead atoms. The zero-order chi connectivity index (χ0) is 13.1. The molecule has 3 N–H and O–H groups in total. The van der Waals surface area contributed by atoms with Gasteiger partial charge in [-0.3, -0.25) is 9.59 Å². The zero-order valence-corrected chi connectivity index (χ0v) is 10.3. The van der Waals surface area contributed by atoms with Crippen LogP contribution in [0.5, 0.6) is 0 Å². The van der Waals surface area contributed by atoms with Crippen LogP contribution in [0.25, 0.3) is 0 Å². The highest BCUT2D eigenvalue weighted by atomic mass is 16.2. The number of nitrogens with one attached hydrogen (secondary N) is 1. The molecule has 0 spiro atoms. The van der Waals surface area contributed by atoms with E-state index in [1.54, 1.807) is 29.2 Å². The number of carbonyl (C=O) groups excluding carboxylic acids is 2. The van der Waals surface area contributed by atoms with Crippen LogP contribution in [-0.4, -0.2) is 42.4 Å². The first-order valence-electron chi connectivity index (χ1n) is 6.00. The van der Waals surface area contributed by atoms with E-state index in [0.717, 1.165) is 6.54 Å². The number of carbonyl (C=O) groups is 2.